The zero-order valence-electron chi connectivity index (χ0n) is 12.2. The molecule has 0 aromatic heterocycles. The molecule has 1 fully saturated rings. The number of aliphatic imine (C=N–C) groups is 1. The maximum atomic E-state index is 5.63. The van der Waals surface area contributed by atoms with Crippen LogP contribution in [0.5, 0.6) is 0 Å². The fourth-order valence-electron chi connectivity index (χ4n) is 2.57. The number of hydrogen-bond donors (Lipinski definition) is 1. The molecule has 2 N–H and O–H groups in total. The van der Waals surface area contributed by atoms with E-state index in [0.717, 1.165) is 18.8 Å². The van der Waals surface area contributed by atoms with E-state index in [-0.39, 0.29) is 5.88 Å². The maximum Gasteiger partial charge on any atom is 0.115 e. The van der Waals surface area contributed by atoms with Gasteiger partial charge in [-0.3, -0.25) is 0 Å². The Morgan fingerprint density at radius 1 is 1.30 bits per heavy atom. The van der Waals surface area contributed by atoms with Gasteiger partial charge >= 0.3 is 0 Å². The average molecular weight is 295 g/mol. The summed E-state index contributed by atoms with van der Waals surface area (Å²) in [6, 6.07) is 8.91. The normalized spacial score (nSPS) is 17.8. The molecule has 20 heavy (non-hydrogen) atoms. The van der Waals surface area contributed by atoms with Crippen LogP contribution in [0.1, 0.15) is 12.8 Å². The molecule has 1 aliphatic rings. The van der Waals surface area contributed by atoms with Gasteiger partial charge in [-0.25, -0.2) is 4.99 Å². The van der Waals surface area contributed by atoms with Crippen molar-refractivity contribution in [2.75, 3.05) is 38.0 Å². The summed E-state index contributed by atoms with van der Waals surface area (Å²) in [6.45, 7) is 2.21. The van der Waals surface area contributed by atoms with Crippen LogP contribution in [0.2, 0.25) is 0 Å². The molecule has 1 aliphatic heterocycles. The molecule has 2 rings (SSSR count). The van der Waals surface area contributed by atoms with Crippen LogP contribution in [0.25, 0.3) is 0 Å². The van der Waals surface area contributed by atoms with Crippen molar-refractivity contribution in [3.05, 3.63) is 24.3 Å². The largest absolute Gasteiger partial charge is 0.386 e. The summed E-state index contributed by atoms with van der Waals surface area (Å²) in [7, 11) is 4.32. The van der Waals surface area contributed by atoms with Crippen LogP contribution in [-0.2, 0) is 0 Å². The molecule has 0 radical (unpaired) electrons. The third kappa shape index (κ3) is 3.87. The molecule has 0 unspecified atom stereocenters. The second-order valence-electron chi connectivity index (χ2n) is 5.44. The zero-order valence-corrected chi connectivity index (χ0v) is 13.0. The zero-order chi connectivity index (χ0) is 14.5. The van der Waals surface area contributed by atoms with E-state index in [4.69, 9.17) is 17.3 Å². The van der Waals surface area contributed by atoms with Gasteiger partial charge in [0.25, 0.3) is 0 Å². The Bertz CT molecular complexity index is 447. The molecule has 1 saturated heterocycles. The molecule has 0 atom stereocenters. The van der Waals surface area contributed by atoms with E-state index in [1.54, 1.807) is 0 Å². The van der Waals surface area contributed by atoms with Crippen LogP contribution in [-0.4, -0.2) is 49.8 Å². The standard InChI is InChI=1S/C15H23ClN4/c1-19(2)13-7-9-20(10-8-13)14-5-3-12(4-6-14)18-15(17)11-16/h3-6,13H,7-11H2,1-2H3,(H2,17,18). The summed E-state index contributed by atoms with van der Waals surface area (Å²) >= 11 is 5.63. The number of benzene rings is 1. The van der Waals surface area contributed by atoms with Gasteiger partial charge in [0.15, 0.2) is 0 Å². The van der Waals surface area contributed by atoms with E-state index in [2.05, 4.69) is 41.0 Å². The van der Waals surface area contributed by atoms with Gasteiger partial charge in [0, 0.05) is 24.8 Å². The monoisotopic (exact) mass is 294 g/mol. The van der Waals surface area contributed by atoms with Crippen molar-refractivity contribution in [2.24, 2.45) is 10.7 Å². The first-order valence-corrected chi connectivity index (χ1v) is 7.54. The van der Waals surface area contributed by atoms with Gasteiger partial charge in [0.2, 0.25) is 0 Å². The van der Waals surface area contributed by atoms with Gasteiger partial charge < -0.3 is 15.5 Å². The van der Waals surface area contributed by atoms with E-state index in [1.807, 2.05) is 12.1 Å². The molecular formula is C15H23ClN4. The summed E-state index contributed by atoms with van der Waals surface area (Å²) in [6.07, 6.45) is 2.43. The lowest BCUT2D eigenvalue weighted by Crippen LogP contribution is -2.41. The van der Waals surface area contributed by atoms with Crippen molar-refractivity contribution >= 4 is 28.8 Å². The van der Waals surface area contributed by atoms with Crippen molar-refractivity contribution in [2.45, 2.75) is 18.9 Å². The lowest BCUT2D eigenvalue weighted by Gasteiger charge is -2.36. The maximum absolute atomic E-state index is 5.63. The second-order valence-corrected chi connectivity index (χ2v) is 5.70. The van der Waals surface area contributed by atoms with Crippen LogP contribution >= 0.6 is 11.6 Å². The summed E-state index contributed by atoms with van der Waals surface area (Å²) in [5, 5.41) is 0. The van der Waals surface area contributed by atoms with E-state index in [1.165, 1.54) is 18.5 Å². The molecule has 1 heterocycles. The van der Waals surface area contributed by atoms with Gasteiger partial charge in [-0.2, -0.15) is 0 Å². The summed E-state index contributed by atoms with van der Waals surface area (Å²) < 4.78 is 0. The van der Waals surface area contributed by atoms with Crippen LogP contribution in [0.3, 0.4) is 0 Å². The number of halogens is 1. The number of nitrogens with two attached hydrogens (primary N) is 1. The van der Waals surface area contributed by atoms with Gasteiger partial charge in [-0.1, -0.05) is 0 Å². The Labute approximate surface area is 126 Å². The smallest absolute Gasteiger partial charge is 0.115 e. The Kier molecular flexibility index (Phi) is 5.26. The summed E-state index contributed by atoms with van der Waals surface area (Å²) in [5.41, 5.74) is 7.74. The highest BCUT2D eigenvalue weighted by Crippen LogP contribution is 2.24. The molecule has 4 nitrogen and oxygen atoms in total. The number of anilines is 1. The lowest BCUT2D eigenvalue weighted by atomic mass is 10.0. The number of amidine groups is 1. The van der Waals surface area contributed by atoms with Crippen LogP contribution in [0.15, 0.2) is 29.3 Å². The third-order valence-corrected chi connectivity index (χ3v) is 4.09. The van der Waals surface area contributed by atoms with Crippen LogP contribution in [0.4, 0.5) is 11.4 Å². The van der Waals surface area contributed by atoms with Crippen molar-refractivity contribution < 1.29 is 0 Å². The van der Waals surface area contributed by atoms with E-state index in [9.17, 15) is 0 Å². The minimum absolute atomic E-state index is 0.264. The molecule has 1 aromatic rings. The topological polar surface area (TPSA) is 44.9 Å². The first-order chi connectivity index (χ1) is 9.60. The Balaban J connectivity index is 1.98. The molecule has 110 valence electrons. The molecule has 0 bridgehead atoms. The molecule has 0 spiro atoms. The van der Waals surface area contributed by atoms with Gasteiger partial charge in [-0.15, -0.1) is 11.6 Å². The molecule has 5 heteroatoms. The Morgan fingerprint density at radius 3 is 2.40 bits per heavy atom. The molecule has 0 saturated carbocycles. The Hall–Kier alpha value is -1.26. The lowest BCUT2D eigenvalue weighted by molar-refractivity contribution is 0.249. The van der Waals surface area contributed by atoms with Gasteiger partial charge in [-0.05, 0) is 51.2 Å². The van der Waals surface area contributed by atoms with Crippen LogP contribution in [0, 0.1) is 0 Å². The predicted molar refractivity (Wildman–Crippen MR) is 87.4 cm³/mol. The van der Waals surface area contributed by atoms with Crippen LogP contribution < -0.4 is 10.6 Å². The van der Waals surface area contributed by atoms with Gasteiger partial charge in [0.05, 0.1) is 11.6 Å². The predicted octanol–water partition coefficient (Wildman–Crippen LogP) is 2.44. The van der Waals surface area contributed by atoms with Gasteiger partial charge in [0.1, 0.15) is 5.84 Å². The fourth-order valence-corrected chi connectivity index (χ4v) is 2.63. The Morgan fingerprint density at radius 2 is 1.90 bits per heavy atom. The first-order valence-electron chi connectivity index (χ1n) is 7.00. The highest BCUT2D eigenvalue weighted by atomic mass is 35.5. The highest BCUT2D eigenvalue weighted by molar-refractivity contribution is 6.28. The molecule has 0 aliphatic carbocycles. The summed E-state index contributed by atoms with van der Waals surface area (Å²) in [5.74, 6) is 0.714. The minimum Gasteiger partial charge on any atom is -0.386 e. The fraction of sp³-hybridized carbons (Fsp3) is 0.533. The number of rotatable bonds is 4. The second kappa shape index (κ2) is 6.95. The molecule has 1 aromatic carbocycles. The van der Waals surface area contributed by atoms with Crippen molar-refractivity contribution in [3.63, 3.8) is 0 Å². The number of hydrogen-bond acceptors (Lipinski definition) is 3. The highest BCUT2D eigenvalue weighted by Gasteiger charge is 2.20. The van der Waals surface area contributed by atoms with Crippen molar-refractivity contribution in [1.82, 2.24) is 4.90 Å². The third-order valence-electron chi connectivity index (χ3n) is 3.82. The molecule has 0 amide bonds. The van der Waals surface area contributed by atoms with E-state index in [0.29, 0.717) is 11.9 Å². The first kappa shape index (κ1) is 15.1. The summed E-state index contributed by atoms with van der Waals surface area (Å²) in [4.78, 5) is 8.99. The van der Waals surface area contributed by atoms with E-state index >= 15 is 0 Å². The number of nitrogens with zero attached hydrogens (tertiary/aromatic N) is 3. The van der Waals surface area contributed by atoms with Crippen molar-refractivity contribution in [1.29, 1.82) is 0 Å². The average Bonchev–Trinajstić information content (AvgIpc) is 2.48. The minimum atomic E-state index is 0.264. The quantitative estimate of drug-likeness (QED) is 0.527. The molecular weight excluding hydrogens is 272 g/mol. The number of alkyl halides is 1. The van der Waals surface area contributed by atoms with Crippen molar-refractivity contribution in [3.8, 4) is 0 Å². The SMILES string of the molecule is CN(C)C1CCN(c2ccc(N=C(N)CCl)cc2)CC1. The van der Waals surface area contributed by atoms with E-state index < -0.39 is 0 Å². The number of piperidine rings is 1.